The van der Waals surface area contributed by atoms with E-state index in [1.807, 2.05) is 13.8 Å². The number of carbonyl (C=O) groups excluding carboxylic acids is 1. The topological polar surface area (TPSA) is 69.6 Å². The molecule has 3 atom stereocenters. The number of amides is 1. The number of rotatable bonds is 8. The molecule has 1 heterocycles. The number of carbonyl (C=O) groups is 2. The quantitative estimate of drug-likeness (QED) is 0.720. The molecule has 1 saturated heterocycles. The maximum absolute atomic E-state index is 11.9. The molecule has 0 aliphatic carbocycles. The molecule has 0 bridgehead atoms. The van der Waals surface area contributed by atoms with Gasteiger partial charge < -0.3 is 15.3 Å². The van der Waals surface area contributed by atoms with E-state index in [4.69, 9.17) is 5.11 Å². The number of likely N-dealkylation sites (tertiary alicyclic amines) is 1. The molecule has 0 aromatic carbocycles. The molecule has 1 amide bonds. The van der Waals surface area contributed by atoms with Crippen molar-refractivity contribution in [1.29, 1.82) is 0 Å². The van der Waals surface area contributed by atoms with Crippen molar-refractivity contribution in [2.24, 2.45) is 11.8 Å². The Bertz CT molecular complexity index is 346. The average Bonchev–Trinajstić information content (AvgIpc) is 2.43. The zero-order valence-electron chi connectivity index (χ0n) is 13.6. The summed E-state index contributed by atoms with van der Waals surface area (Å²) in [5.41, 5.74) is 0. The second-order valence-corrected chi connectivity index (χ2v) is 6.42. The molecule has 1 rings (SSSR count). The highest BCUT2D eigenvalue weighted by atomic mass is 16.4. The normalized spacial score (nSPS) is 22.5. The van der Waals surface area contributed by atoms with Gasteiger partial charge in [0, 0.05) is 13.0 Å². The Morgan fingerprint density at radius 3 is 2.71 bits per heavy atom. The second-order valence-electron chi connectivity index (χ2n) is 6.42. The van der Waals surface area contributed by atoms with E-state index >= 15 is 0 Å². The summed E-state index contributed by atoms with van der Waals surface area (Å²) in [6.07, 6.45) is 4.48. The van der Waals surface area contributed by atoms with Crippen molar-refractivity contribution in [2.75, 3.05) is 19.6 Å². The van der Waals surface area contributed by atoms with Gasteiger partial charge in [-0.05, 0) is 44.2 Å². The van der Waals surface area contributed by atoms with Crippen LogP contribution in [0, 0.1) is 11.8 Å². The zero-order valence-corrected chi connectivity index (χ0v) is 13.6. The highest BCUT2D eigenvalue weighted by Crippen LogP contribution is 2.15. The maximum atomic E-state index is 11.9. The summed E-state index contributed by atoms with van der Waals surface area (Å²) in [7, 11) is 0. The van der Waals surface area contributed by atoms with E-state index in [-0.39, 0.29) is 11.8 Å². The Balaban J connectivity index is 2.27. The molecule has 0 aromatic heterocycles. The van der Waals surface area contributed by atoms with E-state index in [9.17, 15) is 9.59 Å². The van der Waals surface area contributed by atoms with Crippen LogP contribution in [0.15, 0.2) is 0 Å². The fourth-order valence-corrected chi connectivity index (χ4v) is 2.88. The zero-order chi connectivity index (χ0) is 15.8. The molecule has 21 heavy (non-hydrogen) atoms. The number of hydrogen-bond acceptors (Lipinski definition) is 3. The van der Waals surface area contributed by atoms with Gasteiger partial charge in [-0.15, -0.1) is 0 Å². The van der Waals surface area contributed by atoms with E-state index in [0.29, 0.717) is 6.42 Å². The van der Waals surface area contributed by atoms with Crippen molar-refractivity contribution in [1.82, 2.24) is 10.2 Å². The van der Waals surface area contributed by atoms with Gasteiger partial charge in [-0.1, -0.05) is 27.2 Å². The Morgan fingerprint density at radius 2 is 2.14 bits per heavy atom. The van der Waals surface area contributed by atoms with E-state index in [1.54, 1.807) is 0 Å². The summed E-state index contributed by atoms with van der Waals surface area (Å²) < 4.78 is 0. The Labute approximate surface area is 128 Å². The van der Waals surface area contributed by atoms with E-state index < -0.39 is 12.0 Å². The van der Waals surface area contributed by atoms with Crippen LogP contribution >= 0.6 is 0 Å². The van der Waals surface area contributed by atoms with Crippen molar-refractivity contribution < 1.29 is 14.7 Å². The standard InChI is InChI=1S/C16H30N2O3/c1-4-13(3)15(16(20)21)17-14(19)8-6-10-18-9-5-7-12(2)11-18/h12-13,15H,4-11H2,1-3H3,(H,17,19)(H,20,21). The molecule has 5 heteroatoms. The van der Waals surface area contributed by atoms with Gasteiger partial charge in [-0.25, -0.2) is 4.79 Å². The molecule has 1 aliphatic heterocycles. The first kappa shape index (κ1) is 18.0. The summed E-state index contributed by atoms with van der Waals surface area (Å²) in [5.74, 6) is -0.390. The fraction of sp³-hybridized carbons (Fsp3) is 0.875. The van der Waals surface area contributed by atoms with E-state index in [1.165, 1.54) is 12.8 Å². The molecule has 1 fully saturated rings. The van der Waals surface area contributed by atoms with Crippen LogP contribution in [0.3, 0.4) is 0 Å². The first-order valence-electron chi connectivity index (χ1n) is 8.18. The molecule has 3 unspecified atom stereocenters. The summed E-state index contributed by atoms with van der Waals surface area (Å²) >= 11 is 0. The summed E-state index contributed by atoms with van der Waals surface area (Å²) in [5, 5.41) is 11.8. The molecule has 2 N–H and O–H groups in total. The molecular formula is C16H30N2O3. The Morgan fingerprint density at radius 1 is 1.43 bits per heavy atom. The van der Waals surface area contributed by atoms with Crippen molar-refractivity contribution in [3.05, 3.63) is 0 Å². The van der Waals surface area contributed by atoms with Crippen LogP contribution < -0.4 is 5.32 Å². The van der Waals surface area contributed by atoms with Crippen LogP contribution in [-0.2, 0) is 9.59 Å². The first-order chi connectivity index (χ1) is 9.93. The van der Waals surface area contributed by atoms with Gasteiger partial charge >= 0.3 is 5.97 Å². The van der Waals surface area contributed by atoms with Gasteiger partial charge in [0.25, 0.3) is 0 Å². The summed E-state index contributed by atoms with van der Waals surface area (Å²) in [6, 6.07) is -0.766. The van der Waals surface area contributed by atoms with Gasteiger partial charge in [0.05, 0.1) is 0 Å². The number of hydrogen-bond donors (Lipinski definition) is 2. The minimum atomic E-state index is -0.942. The van der Waals surface area contributed by atoms with Crippen molar-refractivity contribution >= 4 is 11.9 Å². The molecule has 122 valence electrons. The maximum Gasteiger partial charge on any atom is 0.326 e. The van der Waals surface area contributed by atoms with Crippen molar-refractivity contribution in [3.63, 3.8) is 0 Å². The Kier molecular flexibility index (Phi) is 7.72. The van der Waals surface area contributed by atoms with E-state index in [2.05, 4.69) is 17.1 Å². The minimum Gasteiger partial charge on any atom is -0.480 e. The number of nitrogens with zero attached hydrogens (tertiary/aromatic N) is 1. The fourth-order valence-electron chi connectivity index (χ4n) is 2.88. The molecular weight excluding hydrogens is 268 g/mol. The molecule has 5 nitrogen and oxygen atoms in total. The smallest absolute Gasteiger partial charge is 0.326 e. The lowest BCUT2D eigenvalue weighted by atomic mass is 9.99. The van der Waals surface area contributed by atoms with Crippen LogP contribution in [0.25, 0.3) is 0 Å². The number of nitrogens with one attached hydrogen (secondary N) is 1. The minimum absolute atomic E-state index is 0.0469. The van der Waals surface area contributed by atoms with Crippen LogP contribution in [0.1, 0.15) is 52.9 Å². The van der Waals surface area contributed by atoms with E-state index in [0.717, 1.165) is 38.4 Å². The number of carboxylic acid groups (broad SMARTS) is 1. The Hall–Kier alpha value is -1.10. The van der Waals surface area contributed by atoms with Crippen molar-refractivity contribution in [3.8, 4) is 0 Å². The van der Waals surface area contributed by atoms with Gasteiger partial charge in [0.1, 0.15) is 6.04 Å². The highest BCUT2D eigenvalue weighted by molar-refractivity contribution is 5.83. The molecule has 0 aromatic rings. The summed E-state index contributed by atoms with van der Waals surface area (Å²) in [4.78, 5) is 25.5. The van der Waals surface area contributed by atoms with Gasteiger partial charge in [0.2, 0.25) is 5.91 Å². The molecule has 0 spiro atoms. The van der Waals surface area contributed by atoms with Crippen molar-refractivity contribution in [2.45, 2.75) is 58.9 Å². The van der Waals surface area contributed by atoms with Gasteiger partial charge in [-0.2, -0.15) is 0 Å². The predicted molar refractivity (Wildman–Crippen MR) is 83.1 cm³/mol. The largest absolute Gasteiger partial charge is 0.480 e. The third-order valence-corrected chi connectivity index (χ3v) is 4.41. The van der Waals surface area contributed by atoms with Gasteiger partial charge in [0.15, 0.2) is 0 Å². The predicted octanol–water partition coefficient (Wildman–Crippen LogP) is 2.11. The monoisotopic (exact) mass is 298 g/mol. The third kappa shape index (κ3) is 6.46. The second kappa shape index (κ2) is 9.03. The number of aliphatic carboxylic acids is 1. The number of piperidine rings is 1. The molecule has 0 radical (unpaired) electrons. The lowest BCUT2D eigenvalue weighted by Crippen LogP contribution is -2.45. The molecule has 1 aliphatic rings. The lowest BCUT2D eigenvalue weighted by molar-refractivity contribution is -0.143. The van der Waals surface area contributed by atoms with Gasteiger partial charge in [-0.3, -0.25) is 4.79 Å². The highest BCUT2D eigenvalue weighted by Gasteiger charge is 2.25. The SMILES string of the molecule is CCC(C)C(NC(=O)CCCN1CCCC(C)C1)C(=O)O. The number of carboxylic acids is 1. The van der Waals surface area contributed by atoms with Crippen LogP contribution in [0.5, 0.6) is 0 Å². The summed E-state index contributed by atoms with van der Waals surface area (Å²) in [6.45, 7) is 9.22. The lowest BCUT2D eigenvalue weighted by Gasteiger charge is -2.30. The average molecular weight is 298 g/mol. The van der Waals surface area contributed by atoms with Crippen LogP contribution in [-0.4, -0.2) is 47.6 Å². The van der Waals surface area contributed by atoms with Crippen LogP contribution in [0.4, 0.5) is 0 Å². The van der Waals surface area contributed by atoms with Crippen LogP contribution in [0.2, 0.25) is 0 Å². The first-order valence-corrected chi connectivity index (χ1v) is 8.18. The molecule has 0 saturated carbocycles. The third-order valence-electron chi connectivity index (χ3n) is 4.41.